The largest absolute Gasteiger partial charge is 0.425 e. The van der Waals surface area contributed by atoms with E-state index in [1.807, 2.05) is 0 Å². The van der Waals surface area contributed by atoms with Crippen molar-refractivity contribution in [2.45, 2.75) is 30.5 Å². The average Bonchev–Trinajstić information content (AvgIpc) is 2.80. The van der Waals surface area contributed by atoms with Gasteiger partial charge in [0.25, 0.3) is 0 Å². The zero-order valence-electron chi connectivity index (χ0n) is 8.17. The second kappa shape index (κ2) is 4.44. The summed E-state index contributed by atoms with van der Waals surface area (Å²) < 4.78 is 10.0. The lowest BCUT2D eigenvalue weighted by Gasteiger charge is -2.38. The second-order valence-corrected chi connectivity index (χ2v) is 3.53. The molecule has 0 spiro atoms. The van der Waals surface area contributed by atoms with Crippen LogP contribution in [0.2, 0.25) is 0 Å². The summed E-state index contributed by atoms with van der Waals surface area (Å²) in [6.45, 7) is -0.490. The van der Waals surface area contributed by atoms with Crippen molar-refractivity contribution in [3.8, 4) is 0 Å². The fraction of sp³-hybridized carbons (Fsp3) is 0.750. The van der Waals surface area contributed by atoms with E-state index < -0.39 is 37.1 Å². The highest BCUT2D eigenvalue weighted by atomic mass is 16.6. The fourth-order valence-corrected chi connectivity index (χ4v) is 1.61. The average molecular weight is 232 g/mol. The smallest absolute Gasteiger partial charge is 0.247 e. The van der Waals surface area contributed by atoms with Crippen molar-refractivity contribution in [1.82, 2.24) is 10.2 Å². The standard InChI is InChI=1S/C8H12N2O6/c11-1-3-4(12)5(13)6(14)7(16-3)8-10-9-2-15-8/h2-7,11-14H,1H2/t3-,4-,5+,6-,7-/m1/s1. The first-order valence-electron chi connectivity index (χ1n) is 4.71. The SMILES string of the molecule is OC[C@H]1O[C@@H](c2nnco2)[C@H](O)[C@@H](O)[C@@H]1O. The molecule has 0 radical (unpaired) electrons. The topological polar surface area (TPSA) is 129 Å². The van der Waals surface area contributed by atoms with E-state index in [-0.39, 0.29) is 5.89 Å². The molecule has 1 aromatic rings. The zero-order chi connectivity index (χ0) is 11.7. The van der Waals surface area contributed by atoms with Gasteiger partial charge in [-0.15, -0.1) is 10.2 Å². The van der Waals surface area contributed by atoms with Crippen LogP contribution in [0.4, 0.5) is 0 Å². The third-order valence-electron chi connectivity index (χ3n) is 2.51. The van der Waals surface area contributed by atoms with Crippen molar-refractivity contribution < 1.29 is 29.6 Å². The maximum Gasteiger partial charge on any atom is 0.247 e. The molecule has 2 heterocycles. The van der Waals surface area contributed by atoms with Crippen LogP contribution in [-0.2, 0) is 4.74 Å². The van der Waals surface area contributed by atoms with Crippen molar-refractivity contribution in [2.24, 2.45) is 0 Å². The highest BCUT2D eigenvalue weighted by Crippen LogP contribution is 2.30. The summed E-state index contributed by atoms with van der Waals surface area (Å²) in [5.74, 6) is -0.0168. The Bertz CT molecular complexity index is 329. The fourth-order valence-electron chi connectivity index (χ4n) is 1.61. The highest BCUT2D eigenvalue weighted by Gasteiger charge is 2.45. The summed E-state index contributed by atoms with van der Waals surface area (Å²) in [6, 6.07) is 0. The maximum atomic E-state index is 9.65. The van der Waals surface area contributed by atoms with Crippen LogP contribution in [-0.4, -0.2) is 61.6 Å². The highest BCUT2D eigenvalue weighted by molar-refractivity contribution is 4.98. The van der Waals surface area contributed by atoms with Gasteiger partial charge in [-0.3, -0.25) is 0 Å². The monoisotopic (exact) mass is 232 g/mol. The lowest BCUT2D eigenvalue weighted by molar-refractivity contribution is -0.236. The van der Waals surface area contributed by atoms with Crippen LogP contribution >= 0.6 is 0 Å². The van der Waals surface area contributed by atoms with Crippen LogP contribution in [0.3, 0.4) is 0 Å². The lowest BCUT2D eigenvalue weighted by Crippen LogP contribution is -2.55. The molecule has 0 aliphatic carbocycles. The number of hydrogen-bond acceptors (Lipinski definition) is 8. The van der Waals surface area contributed by atoms with Crippen LogP contribution in [0.15, 0.2) is 10.8 Å². The number of aromatic nitrogens is 2. The van der Waals surface area contributed by atoms with Crippen LogP contribution in [0.1, 0.15) is 12.0 Å². The third kappa shape index (κ3) is 1.81. The van der Waals surface area contributed by atoms with Gasteiger partial charge in [-0.05, 0) is 0 Å². The maximum absolute atomic E-state index is 9.65. The number of rotatable bonds is 2. The van der Waals surface area contributed by atoms with Crippen LogP contribution in [0, 0.1) is 0 Å². The minimum Gasteiger partial charge on any atom is -0.425 e. The molecular formula is C8H12N2O6. The Balaban J connectivity index is 2.20. The van der Waals surface area contributed by atoms with Crippen molar-refractivity contribution >= 4 is 0 Å². The molecule has 4 N–H and O–H groups in total. The summed E-state index contributed by atoms with van der Waals surface area (Å²) >= 11 is 0. The zero-order valence-corrected chi connectivity index (χ0v) is 8.17. The molecule has 1 aliphatic rings. The van der Waals surface area contributed by atoms with E-state index in [1.54, 1.807) is 0 Å². The molecule has 90 valence electrons. The second-order valence-electron chi connectivity index (χ2n) is 3.53. The molecule has 8 heteroatoms. The van der Waals surface area contributed by atoms with Gasteiger partial charge in [0.15, 0.2) is 6.10 Å². The van der Waals surface area contributed by atoms with E-state index in [2.05, 4.69) is 10.2 Å². The Labute approximate surface area is 90.1 Å². The Morgan fingerprint density at radius 3 is 2.50 bits per heavy atom. The molecule has 0 unspecified atom stereocenters. The van der Waals surface area contributed by atoms with Crippen LogP contribution < -0.4 is 0 Å². The molecule has 1 fully saturated rings. The Morgan fingerprint density at radius 2 is 1.94 bits per heavy atom. The van der Waals surface area contributed by atoms with Gasteiger partial charge in [-0.25, -0.2) is 0 Å². The minimum atomic E-state index is -1.44. The third-order valence-corrected chi connectivity index (χ3v) is 2.51. The normalized spacial score (nSPS) is 39.9. The number of nitrogens with zero attached hydrogens (tertiary/aromatic N) is 2. The molecule has 1 aromatic heterocycles. The lowest BCUT2D eigenvalue weighted by atomic mass is 9.95. The van der Waals surface area contributed by atoms with E-state index in [0.29, 0.717) is 0 Å². The Hall–Kier alpha value is -1.06. The molecule has 5 atom stereocenters. The first-order chi connectivity index (χ1) is 7.65. The van der Waals surface area contributed by atoms with Gasteiger partial charge >= 0.3 is 0 Å². The summed E-state index contributed by atoms with van der Waals surface area (Å²) in [5.41, 5.74) is 0. The van der Waals surface area contributed by atoms with Gasteiger partial charge in [0.05, 0.1) is 6.61 Å². The number of hydrogen-bond donors (Lipinski definition) is 4. The Morgan fingerprint density at radius 1 is 1.19 bits per heavy atom. The van der Waals surface area contributed by atoms with Gasteiger partial charge in [-0.2, -0.15) is 0 Å². The molecular weight excluding hydrogens is 220 g/mol. The molecule has 0 bridgehead atoms. The molecule has 2 rings (SSSR count). The summed E-state index contributed by atoms with van der Waals surface area (Å²) in [6.07, 6.45) is -5.20. The molecule has 1 aliphatic heterocycles. The Kier molecular flexibility index (Phi) is 3.17. The molecule has 0 saturated carbocycles. The van der Waals surface area contributed by atoms with Gasteiger partial charge in [0.2, 0.25) is 12.3 Å². The van der Waals surface area contributed by atoms with Gasteiger partial charge in [0.1, 0.15) is 24.4 Å². The summed E-state index contributed by atoms with van der Waals surface area (Å²) in [7, 11) is 0. The van der Waals surface area contributed by atoms with Crippen molar-refractivity contribution in [3.05, 3.63) is 12.3 Å². The quantitative estimate of drug-likeness (QED) is 0.443. The summed E-state index contributed by atoms with van der Waals surface area (Å²) in [5, 5.41) is 44.5. The first kappa shape index (κ1) is 11.4. The predicted octanol–water partition coefficient (Wildman–Crippen LogP) is -2.42. The predicted molar refractivity (Wildman–Crippen MR) is 47.0 cm³/mol. The van der Waals surface area contributed by atoms with Crippen LogP contribution in [0.5, 0.6) is 0 Å². The molecule has 1 saturated heterocycles. The van der Waals surface area contributed by atoms with Gasteiger partial charge in [-0.1, -0.05) is 0 Å². The van der Waals surface area contributed by atoms with Crippen molar-refractivity contribution in [3.63, 3.8) is 0 Å². The molecule has 16 heavy (non-hydrogen) atoms. The minimum absolute atomic E-state index is 0.0168. The molecule has 0 amide bonds. The molecule has 0 aromatic carbocycles. The van der Waals surface area contributed by atoms with Crippen molar-refractivity contribution in [2.75, 3.05) is 6.61 Å². The van der Waals surface area contributed by atoms with E-state index in [9.17, 15) is 15.3 Å². The number of aliphatic hydroxyl groups is 4. The van der Waals surface area contributed by atoms with E-state index in [1.165, 1.54) is 0 Å². The number of ether oxygens (including phenoxy) is 1. The van der Waals surface area contributed by atoms with E-state index in [4.69, 9.17) is 14.3 Å². The summed E-state index contributed by atoms with van der Waals surface area (Å²) in [4.78, 5) is 0. The molecule has 8 nitrogen and oxygen atoms in total. The van der Waals surface area contributed by atoms with E-state index in [0.717, 1.165) is 6.39 Å². The van der Waals surface area contributed by atoms with E-state index >= 15 is 0 Å². The first-order valence-corrected chi connectivity index (χ1v) is 4.71. The van der Waals surface area contributed by atoms with Crippen molar-refractivity contribution in [1.29, 1.82) is 0 Å². The number of aliphatic hydroxyl groups excluding tert-OH is 4. The van der Waals surface area contributed by atoms with Crippen LogP contribution in [0.25, 0.3) is 0 Å². The van der Waals surface area contributed by atoms with Gasteiger partial charge < -0.3 is 29.6 Å². The van der Waals surface area contributed by atoms with Gasteiger partial charge in [0, 0.05) is 0 Å².